The lowest BCUT2D eigenvalue weighted by Crippen LogP contribution is -2.40. The summed E-state index contributed by atoms with van der Waals surface area (Å²) < 4.78 is 5.16. The van der Waals surface area contributed by atoms with Crippen molar-refractivity contribution >= 4 is 35.0 Å². The van der Waals surface area contributed by atoms with Gasteiger partial charge in [-0.25, -0.2) is 0 Å². The molecular weight excluding hydrogens is 374 g/mol. The molecule has 1 aliphatic carbocycles. The highest BCUT2D eigenvalue weighted by Gasteiger charge is 2.36. The third-order valence-corrected chi connectivity index (χ3v) is 6.55. The summed E-state index contributed by atoms with van der Waals surface area (Å²) in [5.41, 5.74) is 4.24. The van der Waals surface area contributed by atoms with Gasteiger partial charge in [-0.1, -0.05) is 17.8 Å². The molecule has 0 bridgehead atoms. The molecule has 1 unspecified atom stereocenters. The van der Waals surface area contributed by atoms with Gasteiger partial charge >= 0.3 is 0 Å². The molecule has 2 aromatic rings. The van der Waals surface area contributed by atoms with Crippen LogP contribution in [0, 0.1) is 5.92 Å². The number of fused-ring (bicyclic) bond motifs is 1. The molecule has 7 heteroatoms. The van der Waals surface area contributed by atoms with Crippen LogP contribution >= 0.6 is 11.8 Å². The lowest BCUT2D eigenvalue weighted by atomic mass is 10.1. The average molecular weight is 395 g/mol. The number of amides is 2. The first kappa shape index (κ1) is 17.4. The molecule has 2 amide bonds. The SMILES string of the molecule is CN1C(c2ccc3c(c2)CCN3C(=O)C2CC2)=CSC1NC(=O)c1ccco1. The minimum atomic E-state index is -0.229. The molecule has 0 radical (unpaired) electrons. The molecule has 2 aliphatic heterocycles. The fraction of sp³-hybridized carbons (Fsp3) is 0.333. The van der Waals surface area contributed by atoms with E-state index < -0.39 is 0 Å². The number of hydrogen-bond acceptors (Lipinski definition) is 5. The van der Waals surface area contributed by atoms with Crippen molar-refractivity contribution in [1.29, 1.82) is 0 Å². The summed E-state index contributed by atoms with van der Waals surface area (Å²) in [6.07, 6.45) is 4.45. The van der Waals surface area contributed by atoms with Crippen molar-refractivity contribution in [3.8, 4) is 0 Å². The van der Waals surface area contributed by atoms with E-state index in [1.165, 1.54) is 11.8 Å². The Morgan fingerprint density at radius 2 is 2.11 bits per heavy atom. The fourth-order valence-electron chi connectivity index (χ4n) is 3.76. The topological polar surface area (TPSA) is 65.8 Å². The van der Waals surface area contributed by atoms with Crippen LogP contribution in [0.1, 0.15) is 34.5 Å². The van der Waals surface area contributed by atoms with Crippen molar-refractivity contribution in [1.82, 2.24) is 10.2 Å². The molecule has 0 spiro atoms. The second-order valence-electron chi connectivity index (χ2n) is 7.41. The maximum absolute atomic E-state index is 12.5. The van der Waals surface area contributed by atoms with Gasteiger partial charge < -0.3 is 19.5 Å². The van der Waals surface area contributed by atoms with E-state index in [4.69, 9.17) is 4.42 Å². The van der Waals surface area contributed by atoms with Gasteiger partial charge in [-0.05, 0) is 60.1 Å². The summed E-state index contributed by atoms with van der Waals surface area (Å²) in [5, 5.41) is 5.04. The molecular formula is C21H21N3O3S. The third kappa shape index (κ3) is 2.99. The van der Waals surface area contributed by atoms with Crippen LogP contribution in [0.15, 0.2) is 46.4 Å². The lowest BCUT2D eigenvalue weighted by Gasteiger charge is -2.25. The smallest absolute Gasteiger partial charge is 0.289 e. The standard InChI is InChI=1S/C21H21N3O3S/c1-23-17(12-28-21(23)22-19(25)18-3-2-10-27-18)14-6-7-16-15(11-14)8-9-24(16)20(26)13-4-5-13/h2-3,6-7,10-13,21H,4-5,8-9H2,1H3,(H,22,25). The largest absolute Gasteiger partial charge is 0.459 e. The first-order chi connectivity index (χ1) is 13.6. The summed E-state index contributed by atoms with van der Waals surface area (Å²) in [7, 11) is 1.97. The maximum Gasteiger partial charge on any atom is 0.289 e. The van der Waals surface area contributed by atoms with Gasteiger partial charge in [-0.15, -0.1) is 0 Å². The third-order valence-electron chi connectivity index (χ3n) is 5.50. The Labute approximate surface area is 167 Å². The van der Waals surface area contributed by atoms with Gasteiger partial charge in [0.25, 0.3) is 5.91 Å². The van der Waals surface area contributed by atoms with Crippen molar-refractivity contribution in [3.63, 3.8) is 0 Å². The van der Waals surface area contributed by atoms with Crippen LogP contribution in [0.3, 0.4) is 0 Å². The molecule has 1 fully saturated rings. The Morgan fingerprint density at radius 3 is 2.86 bits per heavy atom. The van der Waals surface area contributed by atoms with Gasteiger partial charge in [-0.2, -0.15) is 0 Å². The van der Waals surface area contributed by atoms with Gasteiger partial charge in [-0.3, -0.25) is 9.59 Å². The summed E-state index contributed by atoms with van der Waals surface area (Å²) in [6.45, 7) is 0.777. The van der Waals surface area contributed by atoms with Gasteiger partial charge in [0, 0.05) is 25.2 Å². The summed E-state index contributed by atoms with van der Waals surface area (Å²) >= 11 is 1.56. The van der Waals surface area contributed by atoms with Crippen LogP contribution in [-0.4, -0.2) is 35.8 Å². The van der Waals surface area contributed by atoms with Crippen LogP contribution < -0.4 is 10.2 Å². The van der Waals surface area contributed by atoms with Crippen LogP contribution in [-0.2, 0) is 11.2 Å². The highest BCUT2D eigenvalue weighted by Crippen LogP contribution is 2.39. The van der Waals surface area contributed by atoms with Crippen molar-refractivity contribution in [2.45, 2.75) is 24.8 Å². The highest BCUT2D eigenvalue weighted by molar-refractivity contribution is 8.03. The van der Waals surface area contributed by atoms with Gasteiger partial charge in [0.05, 0.1) is 12.0 Å². The van der Waals surface area contributed by atoms with E-state index in [0.29, 0.717) is 5.76 Å². The molecule has 28 heavy (non-hydrogen) atoms. The van der Waals surface area contributed by atoms with E-state index in [0.717, 1.165) is 42.8 Å². The maximum atomic E-state index is 12.5. The Bertz CT molecular complexity index is 965. The monoisotopic (exact) mass is 395 g/mol. The molecule has 3 heterocycles. The Hall–Kier alpha value is -2.67. The molecule has 1 aromatic heterocycles. The molecule has 5 rings (SSSR count). The summed E-state index contributed by atoms with van der Waals surface area (Å²) in [6, 6.07) is 9.66. The number of hydrogen-bond donors (Lipinski definition) is 1. The van der Waals surface area contributed by atoms with Crippen molar-refractivity contribution in [3.05, 3.63) is 58.9 Å². The minimum absolute atomic E-state index is 0.186. The van der Waals surface area contributed by atoms with E-state index in [9.17, 15) is 9.59 Å². The van der Waals surface area contributed by atoms with E-state index in [-0.39, 0.29) is 23.2 Å². The van der Waals surface area contributed by atoms with Gasteiger partial charge in [0.1, 0.15) is 0 Å². The average Bonchev–Trinajstić information content (AvgIpc) is 3.09. The predicted octanol–water partition coefficient (Wildman–Crippen LogP) is 3.27. The number of carbonyl (C=O) groups excluding carboxylic acids is 2. The van der Waals surface area contributed by atoms with Crippen molar-refractivity contribution in [2.24, 2.45) is 5.92 Å². The van der Waals surface area contributed by atoms with Gasteiger partial charge in [0.2, 0.25) is 5.91 Å². The number of carbonyl (C=O) groups is 2. The molecule has 0 saturated heterocycles. The molecule has 6 nitrogen and oxygen atoms in total. The first-order valence-electron chi connectivity index (χ1n) is 9.49. The zero-order chi connectivity index (χ0) is 19.3. The number of nitrogens with one attached hydrogen (secondary N) is 1. The van der Waals surface area contributed by atoms with E-state index in [2.05, 4.69) is 33.8 Å². The summed E-state index contributed by atoms with van der Waals surface area (Å²) in [4.78, 5) is 28.7. The highest BCUT2D eigenvalue weighted by atomic mass is 32.2. The van der Waals surface area contributed by atoms with Crippen molar-refractivity contribution in [2.75, 3.05) is 18.5 Å². The molecule has 1 saturated carbocycles. The fourth-order valence-corrected chi connectivity index (χ4v) is 4.80. The molecule has 3 aliphatic rings. The van der Waals surface area contributed by atoms with Crippen LogP contribution in [0.25, 0.3) is 5.70 Å². The first-order valence-corrected chi connectivity index (χ1v) is 10.4. The number of nitrogens with zero attached hydrogens (tertiary/aromatic N) is 2. The Balaban J connectivity index is 1.30. The predicted molar refractivity (Wildman–Crippen MR) is 109 cm³/mol. The lowest BCUT2D eigenvalue weighted by molar-refractivity contribution is -0.119. The normalized spacial score (nSPS) is 20.9. The van der Waals surface area contributed by atoms with E-state index in [1.54, 1.807) is 23.9 Å². The summed E-state index contributed by atoms with van der Waals surface area (Å²) in [5.74, 6) is 0.594. The number of furan rings is 1. The second kappa shape index (κ2) is 6.74. The molecule has 1 aromatic carbocycles. The zero-order valence-corrected chi connectivity index (χ0v) is 16.4. The minimum Gasteiger partial charge on any atom is -0.459 e. The van der Waals surface area contributed by atoms with Crippen molar-refractivity contribution < 1.29 is 14.0 Å². The van der Waals surface area contributed by atoms with Gasteiger partial charge in [0.15, 0.2) is 11.3 Å². The van der Waals surface area contributed by atoms with E-state index in [1.807, 2.05) is 11.9 Å². The number of benzene rings is 1. The number of rotatable bonds is 4. The molecule has 1 N–H and O–H groups in total. The number of thioether (sulfide) groups is 1. The van der Waals surface area contributed by atoms with Crippen LogP contribution in [0.4, 0.5) is 5.69 Å². The van der Waals surface area contributed by atoms with E-state index >= 15 is 0 Å². The zero-order valence-electron chi connectivity index (χ0n) is 15.6. The Kier molecular flexibility index (Phi) is 4.19. The Morgan fingerprint density at radius 1 is 1.25 bits per heavy atom. The van der Waals surface area contributed by atoms with Crippen LogP contribution in [0.2, 0.25) is 0 Å². The molecule has 1 atom stereocenters. The quantitative estimate of drug-likeness (QED) is 0.861. The van der Waals surface area contributed by atoms with Crippen LogP contribution in [0.5, 0.6) is 0 Å². The molecule has 144 valence electrons. The second-order valence-corrected chi connectivity index (χ2v) is 8.37. The number of anilines is 1.